The maximum atomic E-state index is 13.5. The number of carbonyl (C=O) groups excluding carboxylic acids is 2. The SMILES string of the molecule is Cc1ccc(C[C@@H]2CN(C(=O)C#Cc3ccccc3)CCN2C(=O)c2cc(C(F)(F)F)cc(C(F)(F)F)c2)cc1C. The van der Waals surface area contributed by atoms with Gasteiger partial charge in [0.25, 0.3) is 11.8 Å². The molecule has 1 aliphatic heterocycles. The summed E-state index contributed by atoms with van der Waals surface area (Å²) in [4.78, 5) is 29.1. The van der Waals surface area contributed by atoms with E-state index in [1.807, 2.05) is 38.1 Å². The van der Waals surface area contributed by atoms with E-state index in [9.17, 15) is 35.9 Å². The second-order valence-electron chi connectivity index (χ2n) is 9.94. The minimum Gasteiger partial charge on any atom is -0.332 e. The zero-order valence-electron chi connectivity index (χ0n) is 22.2. The molecule has 1 aliphatic rings. The van der Waals surface area contributed by atoms with Gasteiger partial charge in [-0.1, -0.05) is 42.3 Å². The molecule has 0 saturated carbocycles. The van der Waals surface area contributed by atoms with Crippen molar-refractivity contribution in [3.05, 3.63) is 106 Å². The summed E-state index contributed by atoms with van der Waals surface area (Å²) < 4.78 is 80.8. The Kier molecular flexibility index (Phi) is 8.47. The van der Waals surface area contributed by atoms with Crippen LogP contribution in [0.3, 0.4) is 0 Å². The summed E-state index contributed by atoms with van der Waals surface area (Å²) in [5.41, 5.74) is -0.405. The van der Waals surface area contributed by atoms with Crippen LogP contribution in [0.25, 0.3) is 0 Å². The summed E-state index contributed by atoms with van der Waals surface area (Å²) in [6.45, 7) is 3.76. The Morgan fingerprint density at radius 2 is 1.46 bits per heavy atom. The van der Waals surface area contributed by atoms with Crippen molar-refractivity contribution >= 4 is 11.8 Å². The number of hydrogen-bond donors (Lipinski definition) is 0. The quantitative estimate of drug-likeness (QED) is 0.274. The van der Waals surface area contributed by atoms with Crippen molar-refractivity contribution in [2.75, 3.05) is 19.6 Å². The maximum Gasteiger partial charge on any atom is 0.416 e. The van der Waals surface area contributed by atoms with Crippen molar-refractivity contribution in [3.8, 4) is 11.8 Å². The molecule has 10 heteroatoms. The Morgan fingerprint density at radius 3 is 2.05 bits per heavy atom. The molecule has 1 atom stereocenters. The van der Waals surface area contributed by atoms with Crippen LogP contribution in [-0.4, -0.2) is 47.3 Å². The van der Waals surface area contributed by atoms with Gasteiger partial charge in [0.1, 0.15) is 0 Å². The molecule has 214 valence electrons. The molecule has 2 amide bonds. The van der Waals surface area contributed by atoms with Crippen LogP contribution in [0.15, 0.2) is 66.7 Å². The largest absolute Gasteiger partial charge is 0.416 e. The molecule has 0 spiro atoms. The van der Waals surface area contributed by atoms with Crippen molar-refractivity contribution in [2.24, 2.45) is 0 Å². The number of alkyl halides is 6. The van der Waals surface area contributed by atoms with Crippen LogP contribution in [0.2, 0.25) is 0 Å². The first kappa shape index (κ1) is 29.7. The van der Waals surface area contributed by atoms with Gasteiger partial charge in [0.2, 0.25) is 0 Å². The lowest BCUT2D eigenvalue weighted by Crippen LogP contribution is -2.57. The van der Waals surface area contributed by atoms with Crippen molar-refractivity contribution in [3.63, 3.8) is 0 Å². The standard InChI is InChI=1S/C31H26F6N2O2/c1-20-8-9-23(14-21(20)2)15-27-19-38(28(40)11-10-22-6-4-3-5-7-22)12-13-39(27)29(41)24-16-25(30(32,33)34)18-26(17-24)31(35,36)37/h3-9,14,16-18,27H,12-13,15,19H2,1-2H3/t27-/m1/s1. The van der Waals surface area contributed by atoms with Gasteiger partial charge in [0.05, 0.1) is 17.2 Å². The lowest BCUT2D eigenvalue weighted by molar-refractivity contribution is -0.143. The lowest BCUT2D eigenvalue weighted by atomic mass is 9.97. The fourth-order valence-electron chi connectivity index (χ4n) is 4.65. The Bertz CT molecular complexity index is 1470. The van der Waals surface area contributed by atoms with Crippen molar-refractivity contribution in [1.82, 2.24) is 9.80 Å². The number of rotatable bonds is 3. The molecular weight excluding hydrogens is 546 g/mol. The first-order valence-corrected chi connectivity index (χ1v) is 12.7. The third-order valence-electron chi connectivity index (χ3n) is 7.00. The second-order valence-corrected chi connectivity index (χ2v) is 9.94. The van der Waals surface area contributed by atoms with Crippen molar-refractivity contribution in [2.45, 2.75) is 38.7 Å². The predicted octanol–water partition coefficient (Wildman–Crippen LogP) is 6.29. The smallest absolute Gasteiger partial charge is 0.332 e. The molecule has 0 aromatic heterocycles. The average molecular weight is 573 g/mol. The molecule has 0 N–H and O–H groups in total. The molecule has 0 bridgehead atoms. The monoisotopic (exact) mass is 572 g/mol. The molecule has 4 nitrogen and oxygen atoms in total. The summed E-state index contributed by atoms with van der Waals surface area (Å²) in [7, 11) is 0. The number of hydrogen-bond acceptors (Lipinski definition) is 2. The second kappa shape index (κ2) is 11.7. The molecule has 1 fully saturated rings. The molecule has 1 saturated heterocycles. The first-order chi connectivity index (χ1) is 19.2. The van der Waals surface area contributed by atoms with Gasteiger partial charge in [-0.3, -0.25) is 9.59 Å². The molecule has 3 aromatic carbocycles. The molecule has 0 radical (unpaired) electrons. The van der Waals surface area contributed by atoms with Crippen molar-refractivity contribution in [1.29, 1.82) is 0 Å². The van der Waals surface area contributed by atoms with E-state index >= 15 is 0 Å². The molecule has 41 heavy (non-hydrogen) atoms. The van der Waals surface area contributed by atoms with Crippen LogP contribution in [0.4, 0.5) is 26.3 Å². The highest BCUT2D eigenvalue weighted by atomic mass is 19.4. The lowest BCUT2D eigenvalue weighted by Gasteiger charge is -2.41. The summed E-state index contributed by atoms with van der Waals surface area (Å²) in [5.74, 6) is 3.89. The Hall–Kier alpha value is -4.26. The molecular formula is C31H26F6N2O2. The molecule has 1 heterocycles. The van der Waals surface area contributed by atoms with E-state index < -0.39 is 46.9 Å². The summed E-state index contributed by atoms with van der Waals surface area (Å²) >= 11 is 0. The number of benzene rings is 3. The predicted molar refractivity (Wildman–Crippen MR) is 141 cm³/mol. The fourth-order valence-corrected chi connectivity index (χ4v) is 4.65. The van der Waals surface area contributed by atoms with Crippen LogP contribution in [0.1, 0.15) is 43.7 Å². The number of halogens is 6. The molecule has 3 aromatic rings. The molecule has 0 aliphatic carbocycles. The number of carbonyl (C=O) groups is 2. The number of piperazine rings is 1. The van der Waals surface area contributed by atoms with Crippen LogP contribution in [0.5, 0.6) is 0 Å². The van der Waals surface area contributed by atoms with E-state index in [-0.39, 0.29) is 32.1 Å². The average Bonchev–Trinajstić information content (AvgIpc) is 2.92. The number of amides is 2. The zero-order valence-corrected chi connectivity index (χ0v) is 22.2. The van der Waals surface area contributed by atoms with Gasteiger partial charge >= 0.3 is 12.4 Å². The third-order valence-corrected chi connectivity index (χ3v) is 7.00. The van der Waals surface area contributed by atoms with E-state index in [0.29, 0.717) is 17.7 Å². The topological polar surface area (TPSA) is 40.6 Å². The van der Waals surface area contributed by atoms with Crippen LogP contribution in [0, 0.1) is 25.7 Å². The molecule has 4 rings (SSSR count). The highest BCUT2D eigenvalue weighted by Crippen LogP contribution is 2.37. The van der Waals surface area contributed by atoms with Crippen molar-refractivity contribution < 1.29 is 35.9 Å². The van der Waals surface area contributed by atoms with Gasteiger partial charge in [-0.05, 0) is 67.3 Å². The summed E-state index contributed by atoms with van der Waals surface area (Å²) in [6, 6.07) is 14.6. The van der Waals surface area contributed by atoms with E-state index in [1.165, 1.54) is 9.80 Å². The van der Waals surface area contributed by atoms with E-state index in [0.717, 1.165) is 16.7 Å². The Balaban J connectivity index is 1.67. The van der Waals surface area contributed by atoms with Crippen LogP contribution in [-0.2, 0) is 23.6 Å². The molecule has 0 unspecified atom stereocenters. The first-order valence-electron chi connectivity index (χ1n) is 12.7. The Labute approximate surface area is 233 Å². The van der Waals surface area contributed by atoms with Crippen LogP contribution >= 0.6 is 0 Å². The fraction of sp³-hybridized carbons (Fsp3) is 0.290. The maximum absolute atomic E-state index is 13.5. The third kappa shape index (κ3) is 7.28. The van der Waals surface area contributed by atoms with Gasteiger partial charge in [-0.15, -0.1) is 0 Å². The van der Waals surface area contributed by atoms with E-state index in [2.05, 4.69) is 11.8 Å². The normalized spacial score (nSPS) is 15.8. The van der Waals surface area contributed by atoms with Gasteiger partial charge in [-0.25, -0.2) is 0 Å². The number of nitrogens with zero attached hydrogens (tertiary/aromatic N) is 2. The van der Waals surface area contributed by atoms with Gasteiger partial charge < -0.3 is 9.80 Å². The highest BCUT2D eigenvalue weighted by Gasteiger charge is 2.39. The van der Waals surface area contributed by atoms with E-state index in [4.69, 9.17) is 0 Å². The van der Waals surface area contributed by atoms with E-state index in [1.54, 1.807) is 24.3 Å². The van der Waals surface area contributed by atoms with Gasteiger partial charge in [0.15, 0.2) is 0 Å². The highest BCUT2D eigenvalue weighted by molar-refractivity contribution is 5.96. The number of aryl methyl sites for hydroxylation is 2. The van der Waals surface area contributed by atoms with Gasteiger partial charge in [-0.2, -0.15) is 26.3 Å². The summed E-state index contributed by atoms with van der Waals surface area (Å²) in [6.07, 6.45) is -9.94. The van der Waals surface area contributed by atoms with Crippen LogP contribution < -0.4 is 0 Å². The van der Waals surface area contributed by atoms with Gasteiger partial charge in [0, 0.05) is 36.7 Å². The minimum atomic E-state index is -5.09. The Morgan fingerprint density at radius 1 is 0.829 bits per heavy atom. The minimum absolute atomic E-state index is 0.00601. The zero-order chi connectivity index (χ0) is 29.9. The summed E-state index contributed by atoms with van der Waals surface area (Å²) in [5, 5.41) is 0.